The normalized spacial score (nSPS) is 19.4. The van der Waals surface area contributed by atoms with Crippen LogP contribution in [0.2, 0.25) is 0 Å². The third-order valence-electron chi connectivity index (χ3n) is 7.93. The van der Waals surface area contributed by atoms with E-state index in [0.29, 0.717) is 31.0 Å². The summed E-state index contributed by atoms with van der Waals surface area (Å²) in [5.74, 6) is 2.95. The molecule has 2 aliphatic heterocycles. The van der Waals surface area contributed by atoms with Crippen LogP contribution in [0.25, 0.3) is 22.2 Å². The lowest BCUT2D eigenvalue weighted by Gasteiger charge is -2.37. The van der Waals surface area contributed by atoms with Gasteiger partial charge in [0.1, 0.15) is 17.3 Å². The van der Waals surface area contributed by atoms with E-state index in [1.54, 1.807) is 0 Å². The second-order valence-electron chi connectivity index (χ2n) is 11.7. The molecule has 8 heteroatoms. The summed E-state index contributed by atoms with van der Waals surface area (Å²) >= 11 is 0. The smallest absolute Gasteiger partial charge is 0.222 e. The van der Waals surface area contributed by atoms with Crippen molar-refractivity contribution in [2.45, 2.75) is 65.1 Å². The number of carbonyl (C=O) groups is 1. The zero-order chi connectivity index (χ0) is 28.5. The number of nitrogens with zero attached hydrogens (tertiary/aromatic N) is 5. The first-order chi connectivity index (χ1) is 19.8. The Bertz CT molecular complexity index is 1530. The van der Waals surface area contributed by atoms with Gasteiger partial charge in [0, 0.05) is 67.3 Å². The summed E-state index contributed by atoms with van der Waals surface area (Å²) in [5, 5.41) is 13.4. The maximum absolute atomic E-state index is 12.5. The lowest BCUT2D eigenvalue weighted by molar-refractivity contribution is -0.128. The van der Waals surface area contributed by atoms with Crippen molar-refractivity contribution in [3.8, 4) is 22.8 Å². The Morgan fingerprint density at radius 1 is 0.976 bits per heavy atom. The van der Waals surface area contributed by atoms with Crippen LogP contribution in [0.5, 0.6) is 11.5 Å². The number of hydrogen-bond donors (Lipinski definition) is 1. The van der Waals surface area contributed by atoms with E-state index >= 15 is 0 Å². The largest absolute Gasteiger partial charge is 0.457 e. The van der Waals surface area contributed by atoms with Crippen LogP contribution in [-0.4, -0.2) is 57.7 Å². The van der Waals surface area contributed by atoms with Crippen molar-refractivity contribution >= 4 is 22.6 Å². The molecular weight excluding hydrogens is 512 g/mol. The van der Waals surface area contributed by atoms with Gasteiger partial charge in [0.25, 0.3) is 0 Å². The number of likely N-dealkylation sites (tertiary alicyclic amines) is 1. The molecule has 2 atom stereocenters. The average molecular weight is 551 g/mol. The molecule has 1 N–H and O–H groups in total. The standard InChI is InChI=1S/C33H38N6O2/c1-21(2)28-12-13-29(37-36-28)24-7-10-27(11-8-24)41-31-17-30-25(16-26(31)20-38-15-5-6-33(38)40)9-14-32(35-30)39-18-22(3)34-23(4)19-39/h7-14,16-17,21-23,34H,5-6,15,18-20H2,1-4H3. The fourth-order valence-electron chi connectivity index (χ4n) is 5.80. The minimum atomic E-state index is 0.195. The molecule has 8 nitrogen and oxygen atoms in total. The number of hydrogen-bond acceptors (Lipinski definition) is 7. The van der Waals surface area contributed by atoms with E-state index in [2.05, 4.69) is 66.3 Å². The summed E-state index contributed by atoms with van der Waals surface area (Å²) < 4.78 is 6.49. The summed E-state index contributed by atoms with van der Waals surface area (Å²) in [6.07, 6.45) is 1.51. The van der Waals surface area contributed by atoms with Crippen molar-refractivity contribution in [3.63, 3.8) is 0 Å². The van der Waals surface area contributed by atoms with Gasteiger partial charge >= 0.3 is 0 Å². The minimum Gasteiger partial charge on any atom is -0.457 e. The number of piperazine rings is 1. The van der Waals surface area contributed by atoms with Crippen LogP contribution in [0, 0.1) is 0 Å². The lowest BCUT2D eigenvalue weighted by atomic mass is 10.1. The number of nitrogens with one attached hydrogen (secondary N) is 1. The van der Waals surface area contributed by atoms with Crippen LogP contribution >= 0.6 is 0 Å². The first kappa shape index (κ1) is 27.1. The molecule has 0 aliphatic carbocycles. The third kappa shape index (κ3) is 6.03. The highest BCUT2D eigenvalue weighted by Crippen LogP contribution is 2.33. The number of ether oxygens (including phenoxy) is 1. The van der Waals surface area contributed by atoms with Crippen LogP contribution in [0.4, 0.5) is 5.82 Å². The van der Waals surface area contributed by atoms with Crippen molar-refractivity contribution < 1.29 is 9.53 Å². The highest BCUT2D eigenvalue weighted by atomic mass is 16.5. The summed E-state index contributed by atoms with van der Waals surface area (Å²) in [7, 11) is 0. The molecule has 6 rings (SSSR count). The molecule has 0 bridgehead atoms. The van der Waals surface area contributed by atoms with Crippen LogP contribution in [0.3, 0.4) is 0 Å². The topological polar surface area (TPSA) is 83.5 Å². The number of anilines is 1. The molecule has 41 heavy (non-hydrogen) atoms. The number of aromatic nitrogens is 3. The van der Waals surface area contributed by atoms with Crippen LogP contribution in [0.1, 0.15) is 57.7 Å². The Labute approximate surface area is 241 Å². The molecule has 4 heterocycles. The van der Waals surface area contributed by atoms with E-state index in [1.807, 2.05) is 47.4 Å². The number of fused-ring (bicyclic) bond motifs is 1. The van der Waals surface area contributed by atoms with Gasteiger partial charge in [0.05, 0.1) is 16.9 Å². The first-order valence-electron chi connectivity index (χ1n) is 14.7. The second kappa shape index (κ2) is 11.4. The second-order valence-corrected chi connectivity index (χ2v) is 11.7. The molecule has 2 unspecified atom stereocenters. The highest BCUT2D eigenvalue weighted by molar-refractivity contribution is 5.84. The van der Waals surface area contributed by atoms with Crippen molar-refractivity contribution in [2.75, 3.05) is 24.5 Å². The van der Waals surface area contributed by atoms with Gasteiger partial charge in [-0.1, -0.05) is 13.8 Å². The molecule has 0 radical (unpaired) electrons. The van der Waals surface area contributed by atoms with Gasteiger partial charge in [-0.25, -0.2) is 4.98 Å². The molecule has 0 saturated carbocycles. The number of pyridine rings is 1. The van der Waals surface area contributed by atoms with Gasteiger partial charge in [-0.2, -0.15) is 10.2 Å². The minimum absolute atomic E-state index is 0.195. The van der Waals surface area contributed by atoms with Crippen LogP contribution in [-0.2, 0) is 11.3 Å². The monoisotopic (exact) mass is 550 g/mol. The molecule has 212 valence electrons. The Kier molecular flexibility index (Phi) is 7.58. The number of carbonyl (C=O) groups excluding carboxylic acids is 1. The zero-order valence-electron chi connectivity index (χ0n) is 24.3. The Morgan fingerprint density at radius 3 is 2.41 bits per heavy atom. The molecule has 4 aromatic rings. The van der Waals surface area contributed by atoms with E-state index in [-0.39, 0.29) is 5.91 Å². The molecular formula is C33H38N6O2. The van der Waals surface area contributed by atoms with E-state index in [0.717, 1.165) is 76.8 Å². The van der Waals surface area contributed by atoms with Gasteiger partial charge in [-0.3, -0.25) is 4.79 Å². The van der Waals surface area contributed by atoms with Crippen LogP contribution in [0.15, 0.2) is 60.7 Å². The fraction of sp³-hybridized carbons (Fsp3) is 0.394. The third-order valence-corrected chi connectivity index (χ3v) is 7.93. The fourth-order valence-corrected chi connectivity index (χ4v) is 5.80. The zero-order valence-corrected chi connectivity index (χ0v) is 24.3. The van der Waals surface area contributed by atoms with E-state index in [9.17, 15) is 4.79 Å². The Hall–Kier alpha value is -4.04. The molecule has 0 spiro atoms. The van der Waals surface area contributed by atoms with Gasteiger partial charge in [-0.05, 0) is 80.8 Å². The van der Waals surface area contributed by atoms with Crippen LogP contribution < -0.4 is 15.0 Å². The number of rotatable bonds is 7. The maximum atomic E-state index is 12.5. The first-order valence-corrected chi connectivity index (χ1v) is 14.7. The van der Waals surface area contributed by atoms with Crippen molar-refractivity contribution in [1.29, 1.82) is 0 Å². The summed E-state index contributed by atoms with van der Waals surface area (Å²) in [4.78, 5) is 21.8. The molecule has 2 aliphatic rings. The molecule has 2 saturated heterocycles. The predicted molar refractivity (Wildman–Crippen MR) is 162 cm³/mol. The lowest BCUT2D eigenvalue weighted by Crippen LogP contribution is -2.54. The van der Waals surface area contributed by atoms with Gasteiger partial charge < -0.3 is 19.9 Å². The summed E-state index contributed by atoms with van der Waals surface area (Å²) in [6, 6.07) is 21.1. The Balaban J connectivity index is 1.30. The SMILES string of the molecule is CC1CN(c2ccc3cc(CN4CCCC4=O)c(Oc4ccc(-c5ccc(C(C)C)nn5)cc4)cc3n2)CC(C)N1. The predicted octanol–water partition coefficient (Wildman–Crippen LogP) is 5.92. The summed E-state index contributed by atoms with van der Waals surface area (Å²) in [6.45, 7) is 11.8. The van der Waals surface area contributed by atoms with Crippen molar-refractivity contribution in [2.24, 2.45) is 0 Å². The molecule has 2 aromatic carbocycles. The van der Waals surface area contributed by atoms with Gasteiger partial charge in [0.2, 0.25) is 5.91 Å². The van der Waals surface area contributed by atoms with Gasteiger partial charge in [-0.15, -0.1) is 0 Å². The van der Waals surface area contributed by atoms with E-state index < -0.39 is 0 Å². The molecule has 2 aromatic heterocycles. The Morgan fingerprint density at radius 2 is 1.76 bits per heavy atom. The maximum Gasteiger partial charge on any atom is 0.222 e. The van der Waals surface area contributed by atoms with E-state index in [1.165, 1.54) is 0 Å². The molecule has 2 fully saturated rings. The number of amides is 1. The quantitative estimate of drug-likeness (QED) is 0.306. The van der Waals surface area contributed by atoms with Crippen molar-refractivity contribution in [1.82, 2.24) is 25.4 Å². The van der Waals surface area contributed by atoms with Gasteiger partial charge in [0.15, 0.2) is 0 Å². The number of benzene rings is 2. The molecule has 1 amide bonds. The summed E-state index contributed by atoms with van der Waals surface area (Å²) in [5.41, 5.74) is 4.64. The van der Waals surface area contributed by atoms with Crippen molar-refractivity contribution in [3.05, 3.63) is 71.9 Å². The average Bonchev–Trinajstić information content (AvgIpc) is 3.37. The van der Waals surface area contributed by atoms with E-state index in [4.69, 9.17) is 9.72 Å². The highest BCUT2D eigenvalue weighted by Gasteiger charge is 2.24.